The highest BCUT2D eigenvalue weighted by molar-refractivity contribution is 9.10. The second kappa shape index (κ2) is 3.92. The van der Waals surface area contributed by atoms with Crippen molar-refractivity contribution >= 4 is 33.2 Å². The van der Waals surface area contributed by atoms with Crippen molar-refractivity contribution in [3.05, 3.63) is 20.8 Å². The van der Waals surface area contributed by atoms with Crippen LogP contribution in [-0.2, 0) is 4.79 Å². The fourth-order valence-corrected chi connectivity index (χ4v) is 2.49. The monoisotopic (exact) mass is 285 g/mol. The van der Waals surface area contributed by atoms with Crippen molar-refractivity contribution in [2.24, 2.45) is 5.73 Å². The summed E-state index contributed by atoms with van der Waals surface area (Å²) in [5.41, 5.74) is 5.17. The Morgan fingerprint density at radius 2 is 2.29 bits per heavy atom. The van der Waals surface area contributed by atoms with Crippen molar-refractivity contribution in [1.82, 2.24) is 0 Å². The zero-order valence-corrected chi connectivity index (χ0v) is 9.11. The Labute approximate surface area is 90.7 Å². The molecule has 0 amide bonds. The van der Waals surface area contributed by atoms with Crippen LogP contribution in [0.2, 0.25) is 0 Å². The van der Waals surface area contributed by atoms with Crippen molar-refractivity contribution in [3.8, 4) is 0 Å². The number of nitrogens with two attached hydrogens (primary N) is 1. The smallest absolute Gasteiger partial charge is 0.376 e. The van der Waals surface area contributed by atoms with E-state index >= 15 is 0 Å². The van der Waals surface area contributed by atoms with Crippen LogP contribution >= 0.6 is 27.3 Å². The topological polar surface area (TPSA) is 63.3 Å². The van der Waals surface area contributed by atoms with Gasteiger partial charge in [-0.3, -0.25) is 0 Å². The quantitative estimate of drug-likeness (QED) is 0.895. The third-order valence-corrected chi connectivity index (χ3v) is 3.56. The van der Waals surface area contributed by atoms with Gasteiger partial charge in [0.15, 0.2) is 0 Å². The number of rotatable bonds is 3. The first-order valence-corrected chi connectivity index (χ1v) is 5.14. The van der Waals surface area contributed by atoms with Crippen LogP contribution in [0.1, 0.15) is 10.9 Å². The maximum absolute atomic E-state index is 12.9. The Kier molecular flexibility index (Phi) is 3.23. The fraction of sp³-hybridized carbons (Fsp3) is 0.286. The molecule has 7 heteroatoms. The number of aliphatic carboxylic acids is 1. The number of alkyl halides is 2. The van der Waals surface area contributed by atoms with Crippen LogP contribution in [0.5, 0.6) is 0 Å². The minimum Gasteiger partial charge on any atom is -0.477 e. The summed E-state index contributed by atoms with van der Waals surface area (Å²) in [5.74, 6) is -6.17. The molecule has 0 aliphatic heterocycles. The summed E-state index contributed by atoms with van der Waals surface area (Å²) in [4.78, 5) is 10.4. The van der Waals surface area contributed by atoms with Gasteiger partial charge < -0.3 is 10.8 Å². The van der Waals surface area contributed by atoms with Gasteiger partial charge in [-0.1, -0.05) is 0 Å². The van der Waals surface area contributed by atoms with Gasteiger partial charge in [-0.05, 0) is 27.4 Å². The van der Waals surface area contributed by atoms with Gasteiger partial charge in [0.2, 0.25) is 0 Å². The molecule has 3 N–H and O–H groups in total. The van der Waals surface area contributed by atoms with Gasteiger partial charge >= 0.3 is 11.9 Å². The van der Waals surface area contributed by atoms with Crippen LogP contribution in [0.25, 0.3) is 0 Å². The van der Waals surface area contributed by atoms with Crippen molar-refractivity contribution in [2.75, 3.05) is 0 Å². The van der Waals surface area contributed by atoms with Crippen LogP contribution in [0.3, 0.4) is 0 Å². The zero-order valence-electron chi connectivity index (χ0n) is 6.71. The third kappa shape index (κ3) is 1.94. The normalized spacial score (nSPS) is 14.0. The van der Waals surface area contributed by atoms with E-state index in [1.54, 1.807) is 5.38 Å². The first-order valence-electron chi connectivity index (χ1n) is 3.47. The van der Waals surface area contributed by atoms with E-state index in [2.05, 4.69) is 15.9 Å². The number of hydrogen-bond acceptors (Lipinski definition) is 3. The summed E-state index contributed by atoms with van der Waals surface area (Å²) in [6.45, 7) is 0. The van der Waals surface area contributed by atoms with Gasteiger partial charge in [-0.25, -0.2) is 4.79 Å². The number of carboxylic acid groups (broad SMARTS) is 1. The maximum Gasteiger partial charge on any atom is 0.376 e. The molecule has 0 saturated carbocycles. The summed E-state index contributed by atoms with van der Waals surface area (Å²) in [5, 5.41) is 9.81. The van der Waals surface area contributed by atoms with E-state index in [1.807, 2.05) is 0 Å². The van der Waals surface area contributed by atoms with Gasteiger partial charge in [-0.15, -0.1) is 11.3 Å². The molecular weight excluding hydrogens is 280 g/mol. The molecule has 0 radical (unpaired) electrons. The molecule has 0 aliphatic carbocycles. The molecule has 0 spiro atoms. The van der Waals surface area contributed by atoms with E-state index < -0.39 is 17.9 Å². The molecule has 1 atom stereocenters. The fourth-order valence-electron chi connectivity index (χ4n) is 0.825. The largest absolute Gasteiger partial charge is 0.477 e. The average molecular weight is 286 g/mol. The summed E-state index contributed by atoms with van der Waals surface area (Å²) < 4.78 is 26.3. The third-order valence-electron chi connectivity index (χ3n) is 1.60. The highest BCUT2D eigenvalue weighted by Crippen LogP contribution is 2.36. The lowest BCUT2D eigenvalue weighted by Gasteiger charge is -2.18. The van der Waals surface area contributed by atoms with Gasteiger partial charge in [0.1, 0.15) is 6.04 Å². The molecule has 0 unspecified atom stereocenters. The Morgan fingerprint density at radius 3 is 2.64 bits per heavy atom. The predicted molar refractivity (Wildman–Crippen MR) is 51.5 cm³/mol. The van der Waals surface area contributed by atoms with Gasteiger partial charge in [-0.2, -0.15) is 8.78 Å². The highest BCUT2D eigenvalue weighted by atomic mass is 79.9. The van der Waals surface area contributed by atoms with E-state index in [9.17, 15) is 13.6 Å². The molecule has 3 nitrogen and oxygen atoms in total. The van der Waals surface area contributed by atoms with E-state index in [1.165, 1.54) is 6.07 Å². The second-order valence-electron chi connectivity index (χ2n) is 2.54. The van der Waals surface area contributed by atoms with E-state index in [4.69, 9.17) is 10.8 Å². The molecule has 1 aromatic rings. The Bertz CT molecular complexity index is 355. The van der Waals surface area contributed by atoms with Crippen molar-refractivity contribution in [3.63, 3.8) is 0 Å². The lowest BCUT2D eigenvalue weighted by molar-refractivity contribution is -0.168. The first-order chi connectivity index (χ1) is 6.37. The average Bonchev–Trinajstić information content (AvgIpc) is 2.49. The molecule has 1 rings (SSSR count). The lowest BCUT2D eigenvalue weighted by atomic mass is 10.1. The number of carbonyl (C=O) groups is 1. The molecule has 14 heavy (non-hydrogen) atoms. The van der Waals surface area contributed by atoms with Crippen molar-refractivity contribution in [2.45, 2.75) is 12.0 Å². The van der Waals surface area contributed by atoms with E-state index in [0.717, 1.165) is 11.3 Å². The van der Waals surface area contributed by atoms with Crippen LogP contribution in [0, 0.1) is 0 Å². The highest BCUT2D eigenvalue weighted by Gasteiger charge is 2.47. The summed E-state index contributed by atoms with van der Waals surface area (Å²) in [7, 11) is 0. The summed E-state index contributed by atoms with van der Waals surface area (Å²) in [6.07, 6.45) is 0. The van der Waals surface area contributed by atoms with E-state index in [0.29, 0.717) is 4.47 Å². The zero-order chi connectivity index (χ0) is 10.9. The van der Waals surface area contributed by atoms with Crippen LogP contribution in [0.4, 0.5) is 8.78 Å². The standard InChI is InChI=1S/C7H6BrF2NO2S/c8-3-1-2-14-4(3)5(11)7(9,10)6(12)13/h1-2,5H,11H2,(H,12,13)/t5-/m0/s1. The molecule has 0 bridgehead atoms. The lowest BCUT2D eigenvalue weighted by Crippen LogP contribution is -2.40. The molecule has 0 aliphatic rings. The molecule has 1 heterocycles. The molecule has 0 aromatic carbocycles. The molecule has 0 saturated heterocycles. The van der Waals surface area contributed by atoms with Gasteiger partial charge in [0.05, 0.1) is 0 Å². The van der Waals surface area contributed by atoms with Crippen molar-refractivity contribution in [1.29, 1.82) is 0 Å². The summed E-state index contributed by atoms with van der Waals surface area (Å²) in [6, 6.07) is -0.285. The Morgan fingerprint density at radius 1 is 1.71 bits per heavy atom. The second-order valence-corrected chi connectivity index (χ2v) is 4.34. The number of hydrogen-bond donors (Lipinski definition) is 2. The number of halogens is 3. The van der Waals surface area contributed by atoms with Crippen LogP contribution in [-0.4, -0.2) is 17.0 Å². The minimum absolute atomic E-state index is 0.123. The predicted octanol–water partition coefficient (Wildman–Crippen LogP) is 2.23. The van der Waals surface area contributed by atoms with Crippen LogP contribution in [0.15, 0.2) is 15.9 Å². The maximum atomic E-state index is 12.9. The number of carboxylic acids is 1. The Balaban J connectivity index is 3.02. The minimum atomic E-state index is -3.95. The molecular formula is C7H6BrF2NO2S. The van der Waals surface area contributed by atoms with Crippen LogP contribution < -0.4 is 5.73 Å². The Hall–Kier alpha value is -0.530. The summed E-state index contributed by atoms with van der Waals surface area (Å²) >= 11 is 4.00. The van der Waals surface area contributed by atoms with Gasteiger partial charge in [0, 0.05) is 9.35 Å². The van der Waals surface area contributed by atoms with Gasteiger partial charge in [0.25, 0.3) is 0 Å². The molecule has 1 aromatic heterocycles. The first kappa shape index (κ1) is 11.5. The SMILES string of the molecule is N[C@@H](c1sccc1Br)C(F)(F)C(=O)O. The molecule has 0 fully saturated rings. The molecule has 78 valence electrons. The number of thiophene rings is 1. The van der Waals surface area contributed by atoms with Crippen molar-refractivity contribution < 1.29 is 18.7 Å². The van der Waals surface area contributed by atoms with E-state index in [-0.39, 0.29) is 4.88 Å².